The molecule has 3 rings (SSSR count). The first-order valence-electron chi connectivity index (χ1n) is 10.4. The summed E-state index contributed by atoms with van der Waals surface area (Å²) in [5, 5.41) is 7.50. The van der Waals surface area contributed by atoms with Gasteiger partial charge in [0.15, 0.2) is 5.78 Å². The molecule has 160 valence electrons. The van der Waals surface area contributed by atoms with Crippen LogP contribution in [0, 0.1) is 0 Å². The number of urea groups is 1. The van der Waals surface area contributed by atoms with Crippen LogP contribution in [-0.2, 0) is 6.42 Å². The number of rotatable bonds is 4. The summed E-state index contributed by atoms with van der Waals surface area (Å²) in [5.41, 5.74) is 3.04. The van der Waals surface area contributed by atoms with Crippen LogP contribution in [0.25, 0.3) is 18.3 Å². The molecule has 1 aromatic heterocycles. The third-order valence-electron chi connectivity index (χ3n) is 4.74. The normalized spacial score (nSPS) is 13.6. The fourth-order valence-electron chi connectivity index (χ4n) is 3.55. The number of halogens is 1. The van der Waals surface area contributed by atoms with Crippen LogP contribution in [0.5, 0.6) is 0 Å². The summed E-state index contributed by atoms with van der Waals surface area (Å²) in [4.78, 5) is 24.4. The van der Waals surface area contributed by atoms with E-state index in [1.54, 1.807) is 12.1 Å². The SMILES string of the molecule is C=c1/c(=C\C=C/C)c2c(n1-c1ccc(NC(=O)NCC)cc1Cl)CCCC2=O.CC. The van der Waals surface area contributed by atoms with Crippen molar-refractivity contribution in [1.29, 1.82) is 0 Å². The average molecular weight is 428 g/mol. The highest BCUT2D eigenvalue weighted by atomic mass is 35.5. The van der Waals surface area contributed by atoms with E-state index in [1.807, 2.05) is 56.6 Å². The molecule has 2 N–H and O–H groups in total. The minimum atomic E-state index is -0.281. The third-order valence-corrected chi connectivity index (χ3v) is 5.05. The minimum absolute atomic E-state index is 0.145. The molecular weight excluding hydrogens is 398 g/mol. The van der Waals surface area contributed by atoms with Gasteiger partial charge in [0.1, 0.15) is 0 Å². The van der Waals surface area contributed by atoms with Crippen molar-refractivity contribution in [3.8, 4) is 5.69 Å². The van der Waals surface area contributed by atoms with Gasteiger partial charge in [-0.05, 0) is 44.9 Å². The minimum Gasteiger partial charge on any atom is -0.338 e. The number of hydrogen-bond acceptors (Lipinski definition) is 2. The van der Waals surface area contributed by atoms with Gasteiger partial charge in [-0.2, -0.15) is 0 Å². The van der Waals surface area contributed by atoms with E-state index in [2.05, 4.69) is 17.2 Å². The highest BCUT2D eigenvalue weighted by molar-refractivity contribution is 6.32. The molecule has 1 aliphatic rings. The number of ketones is 1. The number of nitrogens with one attached hydrogen (secondary N) is 2. The second-order valence-electron chi connectivity index (χ2n) is 6.64. The van der Waals surface area contributed by atoms with Gasteiger partial charge >= 0.3 is 6.03 Å². The van der Waals surface area contributed by atoms with Gasteiger partial charge in [-0.1, -0.05) is 50.3 Å². The molecule has 1 aromatic carbocycles. The molecule has 0 saturated heterocycles. The molecule has 2 amide bonds. The summed E-state index contributed by atoms with van der Waals surface area (Å²) in [7, 11) is 0. The number of nitrogens with zero attached hydrogens (tertiary/aromatic N) is 1. The molecule has 0 spiro atoms. The Morgan fingerprint density at radius 2 is 2.03 bits per heavy atom. The Hall–Kier alpha value is -2.79. The van der Waals surface area contributed by atoms with E-state index >= 15 is 0 Å². The van der Waals surface area contributed by atoms with Gasteiger partial charge in [0.25, 0.3) is 0 Å². The third kappa shape index (κ3) is 4.85. The largest absolute Gasteiger partial charge is 0.338 e. The predicted octanol–water partition coefficient (Wildman–Crippen LogP) is 4.58. The number of fused-ring (bicyclic) bond motifs is 1. The molecule has 2 aromatic rings. The van der Waals surface area contributed by atoms with Crippen LogP contribution < -0.4 is 21.2 Å². The fourth-order valence-corrected chi connectivity index (χ4v) is 3.81. The van der Waals surface area contributed by atoms with Crippen LogP contribution >= 0.6 is 11.6 Å². The van der Waals surface area contributed by atoms with E-state index in [-0.39, 0.29) is 11.8 Å². The van der Waals surface area contributed by atoms with Crippen molar-refractivity contribution in [2.45, 2.75) is 47.0 Å². The van der Waals surface area contributed by atoms with Crippen molar-refractivity contribution in [2.24, 2.45) is 0 Å². The van der Waals surface area contributed by atoms with E-state index < -0.39 is 0 Å². The van der Waals surface area contributed by atoms with Gasteiger partial charge in [0, 0.05) is 40.5 Å². The van der Waals surface area contributed by atoms with Crippen LogP contribution in [0.1, 0.15) is 56.6 Å². The summed E-state index contributed by atoms with van der Waals surface area (Å²) < 4.78 is 1.97. The van der Waals surface area contributed by atoms with Gasteiger partial charge in [-0.15, -0.1) is 0 Å². The fraction of sp³-hybridized carbons (Fsp3) is 0.333. The molecule has 6 heteroatoms. The molecule has 0 unspecified atom stereocenters. The molecule has 0 aliphatic heterocycles. The van der Waals surface area contributed by atoms with Gasteiger partial charge in [-0.3, -0.25) is 4.79 Å². The Balaban J connectivity index is 0.00000155. The highest BCUT2D eigenvalue weighted by Gasteiger charge is 2.25. The summed E-state index contributed by atoms with van der Waals surface area (Å²) in [5.74, 6) is 0.145. The Morgan fingerprint density at radius 1 is 1.30 bits per heavy atom. The second-order valence-corrected chi connectivity index (χ2v) is 7.04. The first-order chi connectivity index (χ1) is 14.5. The summed E-state index contributed by atoms with van der Waals surface area (Å²) in [6.07, 6.45) is 7.92. The summed E-state index contributed by atoms with van der Waals surface area (Å²) >= 11 is 6.56. The van der Waals surface area contributed by atoms with Crippen LogP contribution in [0.15, 0.2) is 30.4 Å². The van der Waals surface area contributed by atoms with Crippen LogP contribution in [0.2, 0.25) is 5.02 Å². The zero-order valence-corrected chi connectivity index (χ0v) is 18.9. The van der Waals surface area contributed by atoms with Gasteiger partial charge < -0.3 is 15.2 Å². The molecule has 0 bridgehead atoms. The number of aromatic nitrogens is 1. The zero-order valence-electron chi connectivity index (χ0n) is 18.1. The number of Topliss-reactive ketones (excluding diaryl/α,β-unsaturated/α-hetero) is 1. The second kappa shape index (κ2) is 10.8. The molecule has 5 nitrogen and oxygen atoms in total. The number of carbonyl (C=O) groups excluding carboxylic acids is 2. The Morgan fingerprint density at radius 3 is 2.67 bits per heavy atom. The topological polar surface area (TPSA) is 63.1 Å². The van der Waals surface area contributed by atoms with Crippen LogP contribution in [0.3, 0.4) is 0 Å². The maximum absolute atomic E-state index is 12.6. The zero-order chi connectivity index (χ0) is 22.3. The Kier molecular flexibility index (Phi) is 8.48. The van der Waals surface area contributed by atoms with E-state index in [0.29, 0.717) is 23.7 Å². The van der Waals surface area contributed by atoms with Gasteiger partial charge in [-0.25, -0.2) is 4.79 Å². The smallest absolute Gasteiger partial charge is 0.319 e. The molecule has 1 aliphatic carbocycles. The molecule has 0 saturated carbocycles. The number of carbonyl (C=O) groups is 2. The van der Waals surface area contributed by atoms with Crippen molar-refractivity contribution in [1.82, 2.24) is 9.88 Å². The molecule has 30 heavy (non-hydrogen) atoms. The number of amides is 2. The number of hydrogen-bond donors (Lipinski definition) is 2. The van der Waals surface area contributed by atoms with E-state index in [1.165, 1.54) is 0 Å². The quantitative estimate of drug-likeness (QED) is 0.749. The van der Waals surface area contributed by atoms with E-state index in [0.717, 1.165) is 40.4 Å². The van der Waals surface area contributed by atoms with E-state index in [4.69, 9.17) is 11.6 Å². The van der Waals surface area contributed by atoms with Crippen molar-refractivity contribution in [3.05, 3.63) is 57.2 Å². The molecular formula is C24H30ClN3O2. The predicted molar refractivity (Wildman–Crippen MR) is 126 cm³/mol. The maximum atomic E-state index is 12.6. The lowest BCUT2D eigenvalue weighted by Crippen LogP contribution is -2.29. The van der Waals surface area contributed by atoms with Gasteiger partial charge in [0.2, 0.25) is 0 Å². The first-order valence-corrected chi connectivity index (χ1v) is 10.8. The van der Waals surface area contributed by atoms with Crippen molar-refractivity contribution in [2.75, 3.05) is 11.9 Å². The lowest BCUT2D eigenvalue weighted by atomic mass is 9.95. The Labute approximate surface area is 183 Å². The molecule has 0 atom stereocenters. The summed E-state index contributed by atoms with van der Waals surface area (Å²) in [6.45, 7) is 12.6. The molecule has 1 heterocycles. The lowest BCUT2D eigenvalue weighted by Gasteiger charge is -2.17. The van der Waals surface area contributed by atoms with Crippen molar-refractivity contribution < 1.29 is 9.59 Å². The van der Waals surface area contributed by atoms with Crippen LogP contribution in [0.4, 0.5) is 10.5 Å². The lowest BCUT2D eigenvalue weighted by molar-refractivity contribution is 0.0971. The van der Waals surface area contributed by atoms with Crippen LogP contribution in [-0.4, -0.2) is 22.9 Å². The first kappa shape index (κ1) is 23.5. The number of benzene rings is 1. The summed E-state index contributed by atoms with van der Waals surface area (Å²) in [6, 6.07) is 5.06. The van der Waals surface area contributed by atoms with Crippen molar-refractivity contribution in [3.63, 3.8) is 0 Å². The standard InChI is InChI=1S/C22H24ClN3O2.C2H6/c1-4-6-8-16-14(3)26(19-9-7-10-20(27)21(16)19)18-12-11-15(13-17(18)23)25-22(28)24-5-2;1-2/h4,6,8,11-13H,3,5,7,9-10H2,1-2H3,(H2,24,25,28);1-2H3/b6-4-,16-8+;. The average Bonchev–Trinajstić information content (AvgIpc) is 3.01. The maximum Gasteiger partial charge on any atom is 0.319 e. The number of anilines is 1. The molecule has 0 fully saturated rings. The number of allylic oxidation sites excluding steroid dienone is 2. The highest BCUT2D eigenvalue weighted by Crippen LogP contribution is 2.27. The van der Waals surface area contributed by atoms with Crippen molar-refractivity contribution >= 4 is 41.8 Å². The van der Waals surface area contributed by atoms with E-state index in [9.17, 15) is 9.59 Å². The van der Waals surface area contributed by atoms with Gasteiger partial charge in [0.05, 0.1) is 10.7 Å². The molecule has 0 radical (unpaired) electrons. The Bertz CT molecular complexity index is 1070. The monoisotopic (exact) mass is 427 g/mol.